The van der Waals surface area contributed by atoms with E-state index in [4.69, 9.17) is 4.52 Å². The van der Waals surface area contributed by atoms with Crippen LogP contribution in [0.15, 0.2) is 93.6 Å². The zero-order valence-electron chi connectivity index (χ0n) is 15.3. The first-order chi connectivity index (χ1) is 13.2. The number of hydrogen-bond acceptors (Lipinski definition) is 4. The van der Waals surface area contributed by atoms with Crippen molar-refractivity contribution < 1.29 is 4.52 Å². The van der Waals surface area contributed by atoms with Gasteiger partial charge in [-0.3, -0.25) is 0 Å². The highest BCUT2D eigenvalue weighted by atomic mass is 16.5. The highest BCUT2D eigenvalue weighted by molar-refractivity contribution is 5.82. The summed E-state index contributed by atoms with van der Waals surface area (Å²) in [6.07, 6.45) is 0. The van der Waals surface area contributed by atoms with E-state index in [2.05, 4.69) is 15.4 Å². The van der Waals surface area contributed by atoms with Crippen molar-refractivity contribution in [3.8, 4) is 22.6 Å². The van der Waals surface area contributed by atoms with E-state index < -0.39 is 0 Å². The van der Waals surface area contributed by atoms with E-state index in [0.29, 0.717) is 17.1 Å². The molecular weight excluding hydrogens is 334 g/mol. The van der Waals surface area contributed by atoms with Crippen LogP contribution in [0.2, 0.25) is 0 Å². The van der Waals surface area contributed by atoms with Gasteiger partial charge in [-0.2, -0.15) is 0 Å². The third-order valence-corrected chi connectivity index (χ3v) is 4.44. The third kappa shape index (κ3) is 3.42. The van der Waals surface area contributed by atoms with E-state index >= 15 is 0 Å². The van der Waals surface area contributed by atoms with Crippen LogP contribution in [0.4, 0.5) is 11.4 Å². The molecule has 4 aromatic rings. The quantitative estimate of drug-likeness (QED) is 0.369. The fourth-order valence-corrected chi connectivity index (χ4v) is 3.01. The van der Waals surface area contributed by atoms with Crippen LogP contribution < -0.4 is 0 Å². The van der Waals surface area contributed by atoms with E-state index in [-0.39, 0.29) is 0 Å². The summed E-state index contributed by atoms with van der Waals surface area (Å²) in [5.41, 5.74) is 6.22. The number of azo groups is 1. The van der Waals surface area contributed by atoms with Crippen molar-refractivity contribution >= 4 is 11.4 Å². The van der Waals surface area contributed by atoms with Crippen molar-refractivity contribution in [3.63, 3.8) is 0 Å². The van der Waals surface area contributed by atoms with Gasteiger partial charge in [-0.1, -0.05) is 84.0 Å². The van der Waals surface area contributed by atoms with Crippen LogP contribution in [0.3, 0.4) is 0 Å². The lowest BCUT2D eigenvalue weighted by atomic mass is 10.1. The fourth-order valence-electron chi connectivity index (χ4n) is 3.01. The number of aryl methyl sites for hydroxylation is 2. The molecule has 0 radical (unpaired) electrons. The van der Waals surface area contributed by atoms with Crippen LogP contribution in [0.1, 0.15) is 11.1 Å². The molecule has 27 heavy (non-hydrogen) atoms. The molecule has 132 valence electrons. The molecule has 1 heterocycles. The van der Waals surface area contributed by atoms with Gasteiger partial charge >= 0.3 is 0 Å². The Labute approximate surface area is 158 Å². The van der Waals surface area contributed by atoms with Gasteiger partial charge in [0.1, 0.15) is 5.69 Å². The van der Waals surface area contributed by atoms with E-state index in [9.17, 15) is 0 Å². The summed E-state index contributed by atoms with van der Waals surface area (Å²) in [6, 6.07) is 25.8. The smallest absolute Gasteiger partial charge is 0.195 e. The number of nitrogens with zero attached hydrogens (tertiary/aromatic N) is 3. The first kappa shape index (κ1) is 16.9. The summed E-state index contributed by atoms with van der Waals surface area (Å²) in [7, 11) is 0. The molecule has 4 heteroatoms. The molecule has 0 fully saturated rings. The van der Waals surface area contributed by atoms with Gasteiger partial charge in [0.05, 0.1) is 5.69 Å². The molecule has 0 bridgehead atoms. The molecule has 0 saturated carbocycles. The molecule has 1 aromatic heterocycles. The Bertz CT molecular complexity index is 1010. The topological polar surface area (TPSA) is 50.8 Å². The van der Waals surface area contributed by atoms with Crippen molar-refractivity contribution in [2.24, 2.45) is 10.2 Å². The molecule has 0 aliphatic carbocycles. The number of benzene rings is 3. The Morgan fingerprint density at radius 3 is 1.81 bits per heavy atom. The SMILES string of the molecule is Cc1cccc(C)c1N=Nc1c(-c2ccccc2)noc1-c1ccccc1. The summed E-state index contributed by atoms with van der Waals surface area (Å²) < 4.78 is 5.68. The molecule has 0 aliphatic rings. The van der Waals surface area contributed by atoms with Gasteiger partial charge in [-0.15, -0.1) is 10.2 Å². The highest BCUT2D eigenvalue weighted by Gasteiger charge is 2.19. The monoisotopic (exact) mass is 353 g/mol. The van der Waals surface area contributed by atoms with Gasteiger partial charge in [0.25, 0.3) is 0 Å². The van der Waals surface area contributed by atoms with Gasteiger partial charge < -0.3 is 4.52 Å². The number of hydrogen-bond donors (Lipinski definition) is 0. The van der Waals surface area contributed by atoms with Crippen LogP contribution >= 0.6 is 0 Å². The molecule has 0 aliphatic heterocycles. The first-order valence-electron chi connectivity index (χ1n) is 8.82. The zero-order valence-corrected chi connectivity index (χ0v) is 15.3. The fraction of sp³-hybridized carbons (Fsp3) is 0.0870. The van der Waals surface area contributed by atoms with Crippen molar-refractivity contribution in [1.29, 1.82) is 0 Å². The first-order valence-corrected chi connectivity index (χ1v) is 8.82. The van der Waals surface area contributed by atoms with Crippen molar-refractivity contribution in [1.82, 2.24) is 5.16 Å². The van der Waals surface area contributed by atoms with Crippen LogP contribution in [0.25, 0.3) is 22.6 Å². The Morgan fingerprint density at radius 2 is 1.19 bits per heavy atom. The second kappa shape index (κ2) is 7.38. The maximum absolute atomic E-state index is 5.68. The predicted octanol–water partition coefficient (Wildman–Crippen LogP) is 7.04. The van der Waals surface area contributed by atoms with Crippen LogP contribution in [0, 0.1) is 13.8 Å². The average Bonchev–Trinajstić information content (AvgIpc) is 3.13. The zero-order chi connectivity index (χ0) is 18.6. The van der Waals surface area contributed by atoms with E-state index in [1.165, 1.54) is 0 Å². The van der Waals surface area contributed by atoms with Gasteiger partial charge in [0, 0.05) is 11.1 Å². The lowest BCUT2D eigenvalue weighted by Crippen LogP contribution is -1.80. The van der Waals surface area contributed by atoms with E-state index in [1.807, 2.05) is 92.7 Å². The normalized spacial score (nSPS) is 11.2. The highest BCUT2D eigenvalue weighted by Crippen LogP contribution is 2.40. The molecule has 0 spiro atoms. The van der Waals surface area contributed by atoms with Crippen molar-refractivity contribution in [3.05, 3.63) is 90.0 Å². The lowest BCUT2D eigenvalue weighted by molar-refractivity contribution is 0.435. The van der Waals surface area contributed by atoms with Gasteiger partial charge in [-0.25, -0.2) is 0 Å². The summed E-state index contributed by atoms with van der Waals surface area (Å²) in [5.74, 6) is 0.615. The summed E-state index contributed by atoms with van der Waals surface area (Å²) >= 11 is 0. The van der Waals surface area contributed by atoms with Gasteiger partial charge in [0.15, 0.2) is 11.4 Å². The minimum atomic E-state index is 0.615. The molecule has 0 atom stereocenters. The van der Waals surface area contributed by atoms with Gasteiger partial charge in [0.2, 0.25) is 0 Å². The second-order valence-electron chi connectivity index (χ2n) is 6.38. The molecule has 3 aromatic carbocycles. The minimum Gasteiger partial charge on any atom is -0.353 e. The van der Waals surface area contributed by atoms with Crippen LogP contribution in [-0.2, 0) is 0 Å². The molecule has 4 rings (SSSR count). The third-order valence-electron chi connectivity index (χ3n) is 4.44. The Hall–Kier alpha value is -3.53. The van der Waals surface area contributed by atoms with Crippen molar-refractivity contribution in [2.75, 3.05) is 0 Å². The number of aromatic nitrogens is 1. The molecule has 0 saturated heterocycles. The molecule has 0 unspecified atom stereocenters. The molecular formula is C23H19N3O. The van der Waals surface area contributed by atoms with E-state index in [0.717, 1.165) is 27.9 Å². The van der Waals surface area contributed by atoms with Crippen LogP contribution in [0.5, 0.6) is 0 Å². The Balaban J connectivity index is 1.87. The van der Waals surface area contributed by atoms with Crippen LogP contribution in [-0.4, -0.2) is 5.16 Å². The largest absolute Gasteiger partial charge is 0.353 e. The average molecular weight is 353 g/mol. The second-order valence-corrected chi connectivity index (χ2v) is 6.38. The maximum Gasteiger partial charge on any atom is 0.195 e. The molecule has 0 N–H and O–H groups in total. The molecule has 4 nitrogen and oxygen atoms in total. The van der Waals surface area contributed by atoms with Gasteiger partial charge in [-0.05, 0) is 25.0 Å². The summed E-state index contributed by atoms with van der Waals surface area (Å²) in [6.45, 7) is 4.07. The van der Waals surface area contributed by atoms with E-state index in [1.54, 1.807) is 0 Å². The Kier molecular flexibility index (Phi) is 4.62. The lowest BCUT2D eigenvalue weighted by Gasteiger charge is -2.03. The Morgan fingerprint density at radius 1 is 0.630 bits per heavy atom. The number of rotatable bonds is 4. The summed E-state index contributed by atoms with van der Waals surface area (Å²) in [4.78, 5) is 0. The maximum atomic E-state index is 5.68. The molecule has 0 amide bonds. The van der Waals surface area contributed by atoms with Crippen molar-refractivity contribution in [2.45, 2.75) is 13.8 Å². The summed E-state index contributed by atoms with van der Waals surface area (Å²) in [5, 5.41) is 13.4. The predicted molar refractivity (Wildman–Crippen MR) is 107 cm³/mol. The minimum absolute atomic E-state index is 0.615. The standard InChI is InChI=1S/C23H19N3O/c1-16-10-9-11-17(2)20(16)24-25-22-21(18-12-5-3-6-13-18)26-27-23(22)19-14-7-4-8-15-19/h3-15H,1-2H3.